The van der Waals surface area contributed by atoms with Crippen molar-refractivity contribution >= 4 is 16.6 Å². The van der Waals surface area contributed by atoms with Crippen molar-refractivity contribution in [2.75, 3.05) is 24.5 Å². The van der Waals surface area contributed by atoms with Gasteiger partial charge in [0.15, 0.2) is 0 Å². The highest BCUT2D eigenvalue weighted by molar-refractivity contribution is 5.95. The Morgan fingerprint density at radius 2 is 2.13 bits per heavy atom. The molecule has 1 aromatic heterocycles. The standard InChI is InChI=1S/C18H21N5/c1-12-9-22(11-15-7-14(20)10-23(12)15)17-5-4-13(8-19)18-16(17)3-2-6-21-18/h2-6,12,14-15H,7,9-11,20H2,1H3/t12-,14-,15+/m1/s1. The molecule has 0 amide bonds. The van der Waals surface area contributed by atoms with Gasteiger partial charge in [0, 0.05) is 55.0 Å². The Bertz CT molecular complexity index is 781. The van der Waals surface area contributed by atoms with E-state index in [4.69, 9.17) is 5.73 Å². The van der Waals surface area contributed by atoms with E-state index >= 15 is 0 Å². The number of aromatic nitrogens is 1. The Hall–Kier alpha value is -2.16. The summed E-state index contributed by atoms with van der Waals surface area (Å²) in [5.41, 5.74) is 8.78. The molecule has 2 fully saturated rings. The molecule has 0 saturated carbocycles. The van der Waals surface area contributed by atoms with E-state index in [1.807, 2.05) is 12.1 Å². The molecule has 118 valence electrons. The first-order valence-electron chi connectivity index (χ1n) is 8.21. The van der Waals surface area contributed by atoms with Crippen molar-refractivity contribution in [2.45, 2.75) is 31.5 Å². The minimum absolute atomic E-state index is 0.293. The summed E-state index contributed by atoms with van der Waals surface area (Å²) in [5.74, 6) is 0. The maximum Gasteiger partial charge on any atom is 0.101 e. The normalized spacial score (nSPS) is 27.9. The number of hydrogen-bond acceptors (Lipinski definition) is 5. The fourth-order valence-corrected chi connectivity index (χ4v) is 4.17. The minimum atomic E-state index is 0.293. The lowest BCUT2D eigenvalue weighted by Gasteiger charge is -2.43. The van der Waals surface area contributed by atoms with Crippen LogP contribution in [-0.2, 0) is 0 Å². The Morgan fingerprint density at radius 1 is 1.26 bits per heavy atom. The molecule has 4 rings (SSSR count). The third-order valence-corrected chi connectivity index (χ3v) is 5.18. The second-order valence-electron chi connectivity index (χ2n) is 6.74. The smallest absolute Gasteiger partial charge is 0.101 e. The first kappa shape index (κ1) is 14.4. The molecule has 2 aliphatic heterocycles. The van der Waals surface area contributed by atoms with E-state index in [0.717, 1.165) is 37.0 Å². The molecule has 2 N–H and O–H groups in total. The quantitative estimate of drug-likeness (QED) is 0.868. The number of fused-ring (bicyclic) bond motifs is 2. The molecule has 3 heterocycles. The van der Waals surface area contributed by atoms with E-state index in [0.29, 0.717) is 23.7 Å². The minimum Gasteiger partial charge on any atom is -0.368 e. The molecule has 3 atom stereocenters. The Kier molecular flexibility index (Phi) is 3.44. The summed E-state index contributed by atoms with van der Waals surface area (Å²) >= 11 is 0. The zero-order valence-corrected chi connectivity index (χ0v) is 13.3. The lowest BCUT2D eigenvalue weighted by atomic mass is 10.0. The maximum atomic E-state index is 9.31. The van der Waals surface area contributed by atoms with Crippen molar-refractivity contribution in [1.29, 1.82) is 5.26 Å². The first-order chi connectivity index (χ1) is 11.2. The number of anilines is 1. The van der Waals surface area contributed by atoms with E-state index in [-0.39, 0.29) is 0 Å². The van der Waals surface area contributed by atoms with Crippen LogP contribution in [0.3, 0.4) is 0 Å². The first-order valence-corrected chi connectivity index (χ1v) is 8.21. The monoisotopic (exact) mass is 307 g/mol. The summed E-state index contributed by atoms with van der Waals surface area (Å²) in [4.78, 5) is 9.41. The molecule has 5 nitrogen and oxygen atoms in total. The molecule has 0 unspecified atom stereocenters. The van der Waals surface area contributed by atoms with Gasteiger partial charge in [0.25, 0.3) is 0 Å². The van der Waals surface area contributed by atoms with Crippen molar-refractivity contribution in [2.24, 2.45) is 5.73 Å². The van der Waals surface area contributed by atoms with E-state index in [2.05, 4.69) is 39.9 Å². The predicted molar refractivity (Wildman–Crippen MR) is 91.2 cm³/mol. The van der Waals surface area contributed by atoms with Gasteiger partial charge in [-0.1, -0.05) is 0 Å². The summed E-state index contributed by atoms with van der Waals surface area (Å²) in [6.07, 6.45) is 2.82. The van der Waals surface area contributed by atoms with Gasteiger partial charge in [-0.15, -0.1) is 0 Å². The molecule has 1 aromatic carbocycles. The zero-order chi connectivity index (χ0) is 16.0. The maximum absolute atomic E-state index is 9.31. The summed E-state index contributed by atoms with van der Waals surface area (Å²) in [5, 5.41) is 10.4. The summed E-state index contributed by atoms with van der Waals surface area (Å²) in [6, 6.07) is 11.5. The topological polar surface area (TPSA) is 69.2 Å². The lowest BCUT2D eigenvalue weighted by Crippen LogP contribution is -2.55. The average molecular weight is 307 g/mol. The molecule has 23 heavy (non-hydrogen) atoms. The van der Waals surface area contributed by atoms with Gasteiger partial charge in [-0.25, -0.2) is 0 Å². The molecule has 2 aliphatic rings. The van der Waals surface area contributed by atoms with Gasteiger partial charge in [-0.2, -0.15) is 5.26 Å². The number of hydrogen-bond donors (Lipinski definition) is 1. The second-order valence-corrected chi connectivity index (χ2v) is 6.74. The molecule has 2 saturated heterocycles. The van der Waals surface area contributed by atoms with Crippen LogP contribution >= 0.6 is 0 Å². The van der Waals surface area contributed by atoms with Gasteiger partial charge >= 0.3 is 0 Å². The Labute approximate surface area is 136 Å². The number of rotatable bonds is 1. The Balaban J connectivity index is 1.74. The van der Waals surface area contributed by atoms with Gasteiger partial charge in [0.1, 0.15) is 6.07 Å². The lowest BCUT2D eigenvalue weighted by molar-refractivity contribution is 0.166. The van der Waals surface area contributed by atoms with Crippen LogP contribution in [-0.4, -0.2) is 47.6 Å². The van der Waals surface area contributed by atoms with Crippen LogP contribution in [0.15, 0.2) is 30.5 Å². The number of benzene rings is 1. The fraction of sp³-hybridized carbons (Fsp3) is 0.444. The number of nitrogens with zero attached hydrogens (tertiary/aromatic N) is 4. The van der Waals surface area contributed by atoms with Gasteiger partial charge in [-0.3, -0.25) is 9.88 Å². The average Bonchev–Trinajstić information content (AvgIpc) is 2.94. The molecule has 2 aromatic rings. The highest BCUT2D eigenvalue weighted by atomic mass is 15.3. The predicted octanol–water partition coefficient (Wildman–Crippen LogP) is 1.72. The molecular formula is C18H21N5. The van der Waals surface area contributed by atoms with Crippen LogP contribution in [0.25, 0.3) is 10.9 Å². The van der Waals surface area contributed by atoms with Crippen molar-refractivity contribution < 1.29 is 0 Å². The molecular weight excluding hydrogens is 286 g/mol. The van der Waals surface area contributed by atoms with Crippen molar-refractivity contribution in [3.8, 4) is 6.07 Å². The number of piperazine rings is 1. The van der Waals surface area contributed by atoms with Gasteiger partial charge < -0.3 is 10.6 Å². The summed E-state index contributed by atoms with van der Waals surface area (Å²) in [6.45, 7) is 5.27. The van der Waals surface area contributed by atoms with Crippen LogP contribution < -0.4 is 10.6 Å². The molecule has 0 radical (unpaired) electrons. The zero-order valence-electron chi connectivity index (χ0n) is 13.3. The van der Waals surface area contributed by atoms with Crippen molar-refractivity contribution in [1.82, 2.24) is 9.88 Å². The van der Waals surface area contributed by atoms with E-state index < -0.39 is 0 Å². The van der Waals surface area contributed by atoms with Crippen LogP contribution in [0.1, 0.15) is 18.9 Å². The van der Waals surface area contributed by atoms with E-state index in [1.54, 1.807) is 6.20 Å². The van der Waals surface area contributed by atoms with E-state index in [1.165, 1.54) is 5.69 Å². The van der Waals surface area contributed by atoms with Crippen molar-refractivity contribution in [3.05, 3.63) is 36.0 Å². The van der Waals surface area contributed by atoms with Crippen LogP contribution in [0.4, 0.5) is 5.69 Å². The molecule has 0 aliphatic carbocycles. The number of pyridine rings is 1. The largest absolute Gasteiger partial charge is 0.368 e. The molecule has 0 spiro atoms. The number of nitriles is 1. The second kappa shape index (κ2) is 5.48. The third kappa shape index (κ3) is 2.35. The van der Waals surface area contributed by atoms with Crippen LogP contribution in [0.2, 0.25) is 0 Å². The number of nitrogens with two attached hydrogens (primary N) is 1. The molecule has 5 heteroatoms. The third-order valence-electron chi connectivity index (χ3n) is 5.18. The van der Waals surface area contributed by atoms with Gasteiger partial charge in [0.05, 0.1) is 11.1 Å². The highest BCUT2D eigenvalue weighted by Crippen LogP contribution is 2.33. The fourth-order valence-electron chi connectivity index (χ4n) is 4.17. The highest BCUT2D eigenvalue weighted by Gasteiger charge is 2.38. The van der Waals surface area contributed by atoms with E-state index in [9.17, 15) is 5.26 Å². The SMILES string of the molecule is C[C@@H]1CN(c2ccc(C#N)c3ncccc23)C[C@@H]2C[C@@H](N)CN21. The van der Waals surface area contributed by atoms with Gasteiger partial charge in [-0.05, 0) is 37.6 Å². The molecule has 0 bridgehead atoms. The van der Waals surface area contributed by atoms with Crippen LogP contribution in [0, 0.1) is 11.3 Å². The van der Waals surface area contributed by atoms with Crippen LogP contribution in [0.5, 0.6) is 0 Å². The Morgan fingerprint density at radius 3 is 2.96 bits per heavy atom. The van der Waals surface area contributed by atoms with Crippen molar-refractivity contribution in [3.63, 3.8) is 0 Å². The summed E-state index contributed by atoms with van der Waals surface area (Å²) in [7, 11) is 0. The van der Waals surface area contributed by atoms with Gasteiger partial charge in [0.2, 0.25) is 0 Å². The summed E-state index contributed by atoms with van der Waals surface area (Å²) < 4.78 is 0.